The zero-order chi connectivity index (χ0) is 16.7. The number of pyridine rings is 1. The number of carbonyl (C=O) groups excluding carboxylic acids is 1. The molecule has 0 bridgehead atoms. The summed E-state index contributed by atoms with van der Waals surface area (Å²) in [6.45, 7) is 4.73. The molecular weight excluding hydrogens is 288 g/mol. The molecule has 2 aromatic rings. The van der Waals surface area contributed by atoms with E-state index < -0.39 is 0 Å². The summed E-state index contributed by atoms with van der Waals surface area (Å²) in [6.07, 6.45) is 6.79. The van der Waals surface area contributed by atoms with Gasteiger partial charge >= 0.3 is 0 Å². The van der Waals surface area contributed by atoms with Crippen LogP contribution in [0, 0.1) is 13.8 Å². The monoisotopic (exact) mass is 310 g/mol. The van der Waals surface area contributed by atoms with Crippen molar-refractivity contribution >= 4 is 12.0 Å². The lowest BCUT2D eigenvalue weighted by Gasteiger charge is -2.20. The van der Waals surface area contributed by atoms with Crippen LogP contribution in [-0.4, -0.2) is 34.0 Å². The molecule has 1 N–H and O–H groups in total. The van der Waals surface area contributed by atoms with Crippen LogP contribution in [0.1, 0.15) is 22.3 Å². The van der Waals surface area contributed by atoms with Gasteiger partial charge in [-0.2, -0.15) is 0 Å². The summed E-state index contributed by atoms with van der Waals surface area (Å²) in [4.78, 5) is 18.0. The van der Waals surface area contributed by atoms with Gasteiger partial charge in [0.05, 0.1) is 6.61 Å². The van der Waals surface area contributed by atoms with Gasteiger partial charge in [-0.05, 0) is 37.1 Å². The highest BCUT2D eigenvalue weighted by atomic mass is 16.3. The van der Waals surface area contributed by atoms with Crippen molar-refractivity contribution in [2.24, 2.45) is 0 Å². The number of benzene rings is 1. The summed E-state index contributed by atoms with van der Waals surface area (Å²) in [5.74, 6) is -0.123. The van der Waals surface area contributed by atoms with Crippen LogP contribution < -0.4 is 0 Å². The van der Waals surface area contributed by atoms with Crippen molar-refractivity contribution < 1.29 is 9.90 Å². The van der Waals surface area contributed by atoms with Crippen LogP contribution in [0.5, 0.6) is 0 Å². The summed E-state index contributed by atoms with van der Waals surface area (Å²) in [6, 6.07) is 9.92. The number of aliphatic hydroxyl groups excluding tert-OH is 1. The summed E-state index contributed by atoms with van der Waals surface area (Å²) >= 11 is 0. The van der Waals surface area contributed by atoms with E-state index in [2.05, 4.69) is 11.1 Å². The maximum atomic E-state index is 12.4. The van der Waals surface area contributed by atoms with Crippen LogP contribution in [0.15, 0.2) is 48.8 Å². The number of aromatic nitrogens is 1. The first kappa shape index (κ1) is 16.9. The minimum atomic E-state index is -0.123. The van der Waals surface area contributed by atoms with Crippen molar-refractivity contribution in [2.75, 3.05) is 13.2 Å². The van der Waals surface area contributed by atoms with Crippen LogP contribution in [0.4, 0.5) is 0 Å². The molecule has 1 aromatic heterocycles. The second-order valence-corrected chi connectivity index (χ2v) is 5.60. The quantitative estimate of drug-likeness (QED) is 0.835. The summed E-state index contributed by atoms with van der Waals surface area (Å²) in [5, 5.41) is 9.19. The molecule has 2 rings (SSSR count). The van der Waals surface area contributed by atoms with Gasteiger partial charge in [-0.15, -0.1) is 0 Å². The first-order valence-corrected chi connectivity index (χ1v) is 7.63. The molecule has 120 valence electrons. The number of amides is 1. The predicted octanol–water partition coefficient (Wildman–Crippen LogP) is 2.73. The average Bonchev–Trinajstić information content (AvgIpc) is 2.52. The number of aliphatic hydroxyl groups is 1. The smallest absolute Gasteiger partial charge is 0.246 e. The third-order valence-electron chi connectivity index (χ3n) is 3.44. The Morgan fingerprint density at radius 1 is 1.26 bits per heavy atom. The Balaban J connectivity index is 2.09. The Hall–Kier alpha value is -2.46. The highest BCUT2D eigenvalue weighted by Crippen LogP contribution is 2.11. The molecule has 0 fully saturated rings. The van der Waals surface area contributed by atoms with E-state index in [0.717, 1.165) is 11.1 Å². The lowest BCUT2D eigenvalue weighted by Crippen LogP contribution is -2.31. The van der Waals surface area contributed by atoms with E-state index in [1.165, 1.54) is 11.1 Å². The molecule has 0 spiro atoms. The number of aryl methyl sites for hydroxylation is 2. The molecule has 1 heterocycles. The van der Waals surface area contributed by atoms with Crippen LogP contribution >= 0.6 is 0 Å². The molecule has 4 heteroatoms. The van der Waals surface area contributed by atoms with E-state index in [-0.39, 0.29) is 12.5 Å². The van der Waals surface area contributed by atoms with Gasteiger partial charge in [-0.25, -0.2) is 0 Å². The Labute approximate surface area is 137 Å². The van der Waals surface area contributed by atoms with Crippen LogP contribution in [0.25, 0.3) is 6.08 Å². The molecule has 0 aliphatic carbocycles. The molecule has 1 aromatic carbocycles. The Morgan fingerprint density at radius 2 is 2.00 bits per heavy atom. The van der Waals surface area contributed by atoms with E-state index in [4.69, 9.17) is 0 Å². The second-order valence-electron chi connectivity index (χ2n) is 5.60. The van der Waals surface area contributed by atoms with Gasteiger partial charge in [-0.1, -0.05) is 35.4 Å². The third kappa shape index (κ3) is 5.34. The van der Waals surface area contributed by atoms with Crippen molar-refractivity contribution in [3.63, 3.8) is 0 Å². The van der Waals surface area contributed by atoms with Gasteiger partial charge in [0, 0.05) is 31.6 Å². The summed E-state index contributed by atoms with van der Waals surface area (Å²) < 4.78 is 0. The molecule has 4 nitrogen and oxygen atoms in total. The van der Waals surface area contributed by atoms with E-state index in [1.54, 1.807) is 23.4 Å². The molecule has 0 saturated carbocycles. The standard InChI is InChI=1S/C19H22N2O2/c1-15-10-16(2)12-17(11-15)5-6-19(23)21(8-9-22)14-18-4-3-7-20-13-18/h3-7,10-13,22H,8-9,14H2,1-2H3/b6-5+. The summed E-state index contributed by atoms with van der Waals surface area (Å²) in [7, 11) is 0. The average molecular weight is 310 g/mol. The Bertz CT molecular complexity index is 661. The van der Waals surface area contributed by atoms with Crippen molar-refractivity contribution in [3.05, 3.63) is 71.1 Å². The first-order valence-electron chi connectivity index (χ1n) is 7.63. The number of rotatable bonds is 6. The molecular formula is C19H22N2O2. The van der Waals surface area contributed by atoms with E-state index in [0.29, 0.717) is 13.1 Å². The Kier molecular flexibility index (Phi) is 6.06. The SMILES string of the molecule is Cc1cc(C)cc(/C=C/C(=O)N(CCO)Cc2cccnc2)c1. The zero-order valence-corrected chi connectivity index (χ0v) is 13.6. The second kappa shape index (κ2) is 8.25. The largest absolute Gasteiger partial charge is 0.395 e. The van der Waals surface area contributed by atoms with Crippen molar-refractivity contribution in [1.29, 1.82) is 0 Å². The maximum absolute atomic E-state index is 12.4. The van der Waals surface area contributed by atoms with Crippen molar-refractivity contribution in [3.8, 4) is 0 Å². The fraction of sp³-hybridized carbons (Fsp3) is 0.263. The van der Waals surface area contributed by atoms with E-state index >= 15 is 0 Å². The zero-order valence-electron chi connectivity index (χ0n) is 13.6. The molecule has 0 radical (unpaired) electrons. The molecule has 1 amide bonds. The Morgan fingerprint density at radius 3 is 2.61 bits per heavy atom. The fourth-order valence-corrected chi connectivity index (χ4v) is 2.48. The third-order valence-corrected chi connectivity index (χ3v) is 3.44. The van der Waals surface area contributed by atoms with Crippen LogP contribution in [0.2, 0.25) is 0 Å². The normalized spacial score (nSPS) is 10.9. The highest BCUT2D eigenvalue weighted by molar-refractivity contribution is 5.91. The van der Waals surface area contributed by atoms with Gasteiger partial charge in [0.2, 0.25) is 5.91 Å². The molecule has 0 unspecified atom stereocenters. The first-order chi connectivity index (χ1) is 11.1. The van der Waals surface area contributed by atoms with Gasteiger partial charge in [-0.3, -0.25) is 9.78 Å². The lowest BCUT2D eigenvalue weighted by atomic mass is 10.1. The number of hydrogen-bond acceptors (Lipinski definition) is 3. The number of nitrogens with zero attached hydrogens (tertiary/aromatic N) is 2. The van der Waals surface area contributed by atoms with E-state index in [9.17, 15) is 9.90 Å². The van der Waals surface area contributed by atoms with Crippen molar-refractivity contribution in [2.45, 2.75) is 20.4 Å². The molecule has 23 heavy (non-hydrogen) atoms. The van der Waals surface area contributed by atoms with Gasteiger partial charge in [0.15, 0.2) is 0 Å². The fourth-order valence-electron chi connectivity index (χ4n) is 2.48. The highest BCUT2D eigenvalue weighted by Gasteiger charge is 2.10. The maximum Gasteiger partial charge on any atom is 0.246 e. The molecule has 0 saturated heterocycles. The van der Waals surface area contributed by atoms with Crippen molar-refractivity contribution in [1.82, 2.24) is 9.88 Å². The minimum absolute atomic E-state index is 0.0661. The van der Waals surface area contributed by atoms with Gasteiger partial charge in [0.1, 0.15) is 0 Å². The molecule has 0 atom stereocenters. The summed E-state index contributed by atoms with van der Waals surface area (Å²) in [5.41, 5.74) is 4.27. The minimum Gasteiger partial charge on any atom is -0.395 e. The predicted molar refractivity (Wildman–Crippen MR) is 91.7 cm³/mol. The van der Waals surface area contributed by atoms with Crippen LogP contribution in [-0.2, 0) is 11.3 Å². The van der Waals surface area contributed by atoms with Crippen LogP contribution in [0.3, 0.4) is 0 Å². The topological polar surface area (TPSA) is 53.4 Å². The van der Waals surface area contributed by atoms with Gasteiger partial charge in [0.25, 0.3) is 0 Å². The number of carbonyl (C=O) groups is 1. The number of hydrogen-bond donors (Lipinski definition) is 1. The molecule has 0 aliphatic heterocycles. The van der Waals surface area contributed by atoms with E-state index in [1.807, 2.05) is 44.2 Å². The van der Waals surface area contributed by atoms with Gasteiger partial charge < -0.3 is 10.0 Å². The molecule has 0 aliphatic rings. The lowest BCUT2D eigenvalue weighted by molar-refractivity contribution is -0.127.